The molecule has 0 aromatic carbocycles. The first-order valence-corrected chi connectivity index (χ1v) is 7.35. The summed E-state index contributed by atoms with van der Waals surface area (Å²) in [6.45, 7) is 15.3. The minimum atomic E-state index is 0.112. The van der Waals surface area contributed by atoms with Crippen molar-refractivity contribution in [1.29, 1.82) is 0 Å². The summed E-state index contributed by atoms with van der Waals surface area (Å²) in [6.07, 6.45) is 4.41. The van der Waals surface area contributed by atoms with E-state index in [1.165, 1.54) is 19.3 Å². The van der Waals surface area contributed by atoms with Crippen LogP contribution in [-0.4, -0.2) is 23.9 Å². The molecule has 106 valence electrons. The summed E-state index contributed by atoms with van der Waals surface area (Å²) < 4.78 is 0. The highest BCUT2D eigenvalue weighted by Crippen LogP contribution is 2.29. The number of likely N-dealkylation sites (tertiary alicyclic amines) is 1. The maximum absolute atomic E-state index is 12.1. The van der Waals surface area contributed by atoms with E-state index in [0.717, 1.165) is 19.0 Å². The topological polar surface area (TPSA) is 20.3 Å². The lowest BCUT2D eigenvalue weighted by atomic mass is 9.86. The molecule has 0 saturated carbocycles. The fraction of sp³-hybridized carbons (Fsp3) is 0.938. The Morgan fingerprint density at radius 1 is 1.11 bits per heavy atom. The van der Waals surface area contributed by atoms with Crippen molar-refractivity contribution in [1.82, 2.24) is 4.90 Å². The van der Waals surface area contributed by atoms with Crippen LogP contribution in [0.2, 0.25) is 0 Å². The molecule has 0 aromatic rings. The second kappa shape index (κ2) is 5.63. The molecule has 0 aliphatic carbocycles. The largest absolute Gasteiger partial charge is 0.342 e. The number of amides is 1. The van der Waals surface area contributed by atoms with Crippen molar-refractivity contribution in [3.05, 3.63) is 0 Å². The molecule has 1 heterocycles. The zero-order chi connectivity index (χ0) is 14.0. The van der Waals surface area contributed by atoms with Crippen molar-refractivity contribution >= 4 is 5.91 Å². The molecule has 1 saturated heterocycles. The van der Waals surface area contributed by atoms with Gasteiger partial charge in [-0.05, 0) is 36.0 Å². The molecular formula is C16H31NO. The number of carbonyl (C=O) groups is 1. The predicted octanol–water partition coefficient (Wildman–Crippen LogP) is 4.10. The zero-order valence-corrected chi connectivity index (χ0v) is 13.2. The van der Waals surface area contributed by atoms with Gasteiger partial charge in [0.05, 0.1) is 0 Å². The van der Waals surface area contributed by atoms with Crippen molar-refractivity contribution < 1.29 is 4.79 Å². The van der Waals surface area contributed by atoms with Crippen LogP contribution in [0.1, 0.15) is 67.2 Å². The van der Waals surface area contributed by atoms with Crippen LogP contribution in [-0.2, 0) is 4.79 Å². The van der Waals surface area contributed by atoms with Crippen LogP contribution in [0.25, 0.3) is 0 Å². The molecule has 1 fully saturated rings. The van der Waals surface area contributed by atoms with E-state index in [9.17, 15) is 4.79 Å². The van der Waals surface area contributed by atoms with Gasteiger partial charge in [-0.1, -0.05) is 41.5 Å². The molecular weight excluding hydrogens is 222 g/mol. The van der Waals surface area contributed by atoms with Gasteiger partial charge >= 0.3 is 0 Å². The van der Waals surface area contributed by atoms with Crippen LogP contribution in [0.4, 0.5) is 0 Å². The van der Waals surface area contributed by atoms with Crippen molar-refractivity contribution in [3.8, 4) is 0 Å². The van der Waals surface area contributed by atoms with Crippen molar-refractivity contribution in [2.45, 2.75) is 67.2 Å². The molecule has 0 N–H and O–H groups in total. The molecule has 18 heavy (non-hydrogen) atoms. The summed E-state index contributed by atoms with van der Waals surface area (Å²) in [4.78, 5) is 14.2. The lowest BCUT2D eigenvalue weighted by Gasteiger charge is -2.24. The third-order valence-electron chi connectivity index (χ3n) is 3.62. The monoisotopic (exact) mass is 253 g/mol. The summed E-state index contributed by atoms with van der Waals surface area (Å²) in [5.41, 5.74) is 0.531. The normalized spacial score (nSPS) is 21.4. The van der Waals surface area contributed by atoms with E-state index in [1.807, 2.05) is 0 Å². The number of hydrogen-bond donors (Lipinski definition) is 0. The highest BCUT2D eigenvalue weighted by Gasteiger charge is 2.29. The van der Waals surface area contributed by atoms with E-state index in [2.05, 4.69) is 46.4 Å². The lowest BCUT2D eigenvalue weighted by Crippen LogP contribution is -2.31. The molecule has 0 aromatic heterocycles. The Kier molecular flexibility index (Phi) is 4.85. The highest BCUT2D eigenvalue weighted by atomic mass is 16.2. The fourth-order valence-electron chi connectivity index (χ4n) is 2.50. The molecule has 1 aliphatic rings. The third-order valence-corrected chi connectivity index (χ3v) is 3.62. The smallest absolute Gasteiger partial charge is 0.223 e. The maximum Gasteiger partial charge on any atom is 0.223 e. The Balaban J connectivity index is 2.35. The molecule has 2 nitrogen and oxygen atoms in total. The zero-order valence-electron chi connectivity index (χ0n) is 13.2. The molecule has 1 rings (SSSR count). The van der Waals surface area contributed by atoms with Crippen LogP contribution in [0.5, 0.6) is 0 Å². The van der Waals surface area contributed by atoms with Crippen LogP contribution in [0.3, 0.4) is 0 Å². The number of hydrogen-bond acceptors (Lipinski definition) is 1. The van der Waals surface area contributed by atoms with Gasteiger partial charge in [0.25, 0.3) is 0 Å². The fourth-order valence-corrected chi connectivity index (χ4v) is 2.50. The summed E-state index contributed by atoms with van der Waals surface area (Å²) >= 11 is 0. The van der Waals surface area contributed by atoms with Crippen molar-refractivity contribution in [3.63, 3.8) is 0 Å². The van der Waals surface area contributed by atoms with E-state index < -0.39 is 0 Å². The van der Waals surface area contributed by atoms with Gasteiger partial charge in [-0.2, -0.15) is 0 Å². The Hall–Kier alpha value is -0.530. The van der Waals surface area contributed by atoms with Crippen LogP contribution in [0.15, 0.2) is 0 Å². The van der Waals surface area contributed by atoms with Gasteiger partial charge in [0.2, 0.25) is 5.91 Å². The maximum atomic E-state index is 12.1. The van der Waals surface area contributed by atoms with Crippen molar-refractivity contribution in [2.75, 3.05) is 13.1 Å². The van der Waals surface area contributed by atoms with Crippen molar-refractivity contribution in [2.24, 2.45) is 16.7 Å². The average Bonchev–Trinajstić information content (AvgIpc) is 2.58. The average molecular weight is 253 g/mol. The van der Waals surface area contributed by atoms with Gasteiger partial charge in [0.1, 0.15) is 0 Å². The second-order valence-corrected chi connectivity index (χ2v) is 8.33. The minimum Gasteiger partial charge on any atom is -0.342 e. The summed E-state index contributed by atoms with van der Waals surface area (Å²) in [7, 11) is 0. The third kappa shape index (κ3) is 5.88. The Morgan fingerprint density at radius 2 is 1.72 bits per heavy atom. The standard InChI is InChI=1S/C16H31NO/c1-15(2,3)9-7-13-8-10-17(12-13)14(18)11-16(4,5)6/h13H,7-12H2,1-6H3. The first-order valence-electron chi connectivity index (χ1n) is 7.35. The Bertz CT molecular complexity index is 282. The number of nitrogens with zero attached hydrogens (tertiary/aromatic N) is 1. The van der Waals surface area contributed by atoms with Gasteiger partial charge in [0, 0.05) is 19.5 Å². The summed E-state index contributed by atoms with van der Waals surface area (Å²) in [5, 5.41) is 0. The lowest BCUT2D eigenvalue weighted by molar-refractivity contribution is -0.132. The molecule has 0 bridgehead atoms. The van der Waals surface area contributed by atoms with Gasteiger partial charge in [-0.25, -0.2) is 0 Å². The molecule has 0 radical (unpaired) electrons. The van der Waals surface area contributed by atoms with E-state index in [-0.39, 0.29) is 5.41 Å². The molecule has 1 aliphatic heterocycles. The first kappa shape index (κ1) is 15.5. The van der Waals surface area contributed by atoms with E-state index in [0.29, 0.717) is 17.7 Å². The van der Waals surface area contributed by atoms with Gasteiger partial charge in [-0.15, -0.1) is 0 Å². The van der Waals surface area contributed by atoms with Gasteiger partial charge in [-0.3, -0.25) is 4.79 Å². The first-order chi connectivity index (χ1) is 8.07. The van der Waals surface area contributed by atoms with Crippen LogP contribution < -0.4 is 0 Å². The van der Waals surface area contributed by atoms with E-state index in [1.54, 1.807) is 0 Å². The number of rotatable bonds is 3. The SMILES string of the molecule is CC(C)(C)CCC1CCN(C(=O)CC(C)(C)C)C1. The van der Waals surface area contributed by atoms with E-state index >= 15 is 0 Å². The van der Waals surface area contributed by atoms with Crippen LogP contribution >= 0.6 is 0 Å². The second-order valence-electron chi connectivity index (χ2n) is 8.33. The molecule has 0 spiro atoms. The quantitative estimate of drug-likeness (QED) is 0.741. The number of carbonyl (C=O) groups excluding carboxylic acids is 1. The molecule has 2 heteroatoms. The Labute approximate surface area is 113 Å². The van der Waals surface area contributed by atoms with Gasteiger partial charge < -0.3 is 4.90 Å². The predicted molar refractivity (Wildman–Crippen MR) is 77.4 cm³/mol. The minimum absolute atomic E-state index is 0.112. The Morgan fingerprint density at radius 3 is 2.22 bits per heavy atom. The molecule has 1 amide bonds. The molecule has 1 atom stereocenters. The highest BCUT2D eigenvalue weighted by molar-refractivity contribution is 5.77. The summed E-state index contributed by atoms with van der Waals surface area (Å²) in [5.74, 6) is 1.08. The van der Waals surface area contributed by atoms with Gasteiger partial charge in [0.15, 0.2) is 0 Å². The summed E-state index contributed by atoms with van der Waals surface area (Å²) in [6, 6.07) is 0. The van der Waals surface area contributed by atoms with E-state index in [4.69, 9.17) is 0 Å². The molecule has 1 unspecified atom stereocenters. The van der Waals surface area contributed by atoms with Crippen LogP contribution in [0, 0.1) is 16.7 Å².